The Kier molecular flexibility index (Phi) is 13.9. The van der Waals surface area contributed by atoms with Crippen molar-refractivity contribution < 1.29 is 33.4 Å². The first-order valence-corrected chi connectivity index (χ1v) is 9.94. The number of ketones is 1. The smallest absolute Gasteiger partial charge is 0.305 e. The molecular weight excluding hydrogens is 415 g/mol. The summed E-state index contributed by atoms with van der Waals surface area (Å²) in [5.74, 6) is -3.18. The fourth-order valence-electron chi connectivity index (χ4n) is 2.17. The maximum atomic E-state index is 12.4. The number of carboxylic acid groups (broad SMARTS) is 1. The Balaban J connectivity index is 0.00000263. The number of halogens is 1. The molecule has 0 spiro atoms. The molecule has 168 valence electrons. The van der Waals surface area contributed by atoms with Gasteiger partial charge in [-0.05, 0) is 25.1 Å². The Morgan fingerprint density at radius 3 is 2.33 bits per heavy atom. The minimum absolute atomic E-state index is 0.0705. The molecule has 0 aliphatic heterocycles. The molecule has 1 aromatic carbocycles. The maximum Gasteiger partial charge on any atom is 0.305 e. The van der Waals surface area contributed by atoms with Gasteiger partial charge >= 0.3 is 5.97 Å². The molecule has 0 aromatic heterocycles. The monoisotopic (exact) mass is 444 g/mol. The second-order valence-electron chi connectivity index (χ2n) is 6.20. The summed E-state index contributed by atoms with van der Waals surface area (Å²) in [6.07, 6.45) is 0.438. The number of Topliss-reactive ketones (excluding diaryl/α,β-unsaturated/α-hetero) is 1. The van der Waals surface area contributed by atoms with E-state index in [0.717, 1.165) is 0 Å². The van der Waals surface area contributed by atoms with Crippen LogP contribution in [-0.4, -0.2) is 54.5 Å². The van der Waals surface area contributed by atoms with Crippen molar-refractivity contribution in [2.45, 2.75) is 51.0 Å². The van der Waals surface area contributed by atoms with E-state index in [9.17, 15) is 23.6 Å². The minimum Gasteiger partial charge on any atom is -0.494 e. The van der Waals surface area contributed by atoms with Gasteiger partial charge in [0.2, 0.25) is 11.8 Å². The van der Waals surface area contributed by atoms with Gasteiger partial charge < -0.3 is 20.5 Å². The van der Waals surface area contributed by atoms with Crippen LogP contribution in [0.5, 0.6) is 5.75 Å². The van der Waals surface area contributed by atoms with Crippen LogP contribution in [0.15, 0.2) is 23.1 Å². The fourth-order valence-corrected chi connectivity index (χ4v) is 2.40. The van der Waals surface area contributed by atoms with Crippen LogP contribution in [-0.2, 0) is 25.6 Å². The highest BCUT2D eigenvalue weighted by Gasteiger charge is 2.23. The molecule has 2 amide bonds. The quantitative estimate of drug-likeness (QED) is 0.387. The zero-order chi connectivity index (χ0) is 23.1. The standard InChI is InChI=1S/C17H21FN2O6S.C3H8/c1-2-26-14-4-3-11(27)5-10(14)6-15(22)19-9-16(23)20-12(7-17(24)25)13(21)8-18;1-3-2/h3-5,12,27H,2,6-9H2,1H3,(H,19,22)(H,20,23)(H,24,25);3H2,1-2H3. The second-order valence-corrected chi connectivity index (χ2v) is 6.72. The summed E-state index contributed by atoms with van der Waals surface area (Å²) in [6.45, 7) is 4.58. The van der Waals surface area contributed by atoms with Gasteiger partial charge in [0.25, 0.3) is 0 Å². The molecule has 0 bridgehead atoms. The van der Waals surface area contributed by atoms with Crippen LogP contribution in [0.2, 0.25) is 0 Å². The van der Waals surface area contributed by atoms with Crippen LogP contribution >= 0.6 is 12.6 Å². The lowest BCUT2D eigenvalue weighted by Gasteiger charge is -2.15. The van der Waals surface area contributed by atoms with E-state index in [2.05, 4.69) is 37.1 Å². The number of amides is 2. The molecule has 0 fully saturated rings. The van der Waals surface area contributed by atoms with Gasteiger partial charge in [0.1, 0.15) is 18.5 Å². The minimum atomic E-state index is -1.48. The van der Waals surface area contributed by atoms with Crippen LogP contribution in [0.25, 0.3) is 0 Å². The highest BCUT2D eigenvalue weighted by molar-refractivity contribution is 7.80. The largest absolute Gasteiger partial charge is 0.494 e. The lowest BCUT2D eigenvalue weighted by molar-refractivity contribution is -0.140. The molecule has 1 aromatic rings. The molecule has 1 atom stereocenters. The third kappa shape index (κ3) is 11.4. The first-order chi connectivity index (χ1) is 14.2. The average molecular weight is 445 g/mol. The molecule has 10 heteroatoms. The van der Waals surface area contributed by atoms with Crippen molar-refractivity contribution in [1.82, 2.24) is 10.6 Å². The third-order valence-corrected chi connectivity index (χ3v) is 3.65. The maximum absolute atomic E-state index is 12.4. The van der Waals surface area contributed by atoms with Gasteiger partial charge in [0, 0.05) is 10.5 Å². The van der Waals surface area contributed by atoms with Gasteiger partial charge in [0.05, 0.1) is 26.0 Å². The normalized spacial score (nSPS) is 10.8. The summed E-state index contributed by atoms with van der Waals surface area (Å²) in [6, 6.07) is 3.58. The number of nitrogens with one attached hydrogen (secondary N) is 2. The predicted octanol–water partition coefficient (Wildman–Crippen LogP) is 1.95. The topological polar surface area (TPSA) is 122 Å². The van der Waals surface area contributed by atoms with Crippen molar-refractivity contribution in [2.24, 2.45) is 0 Å². The van der Waals surface area contributed by atoms with Crippen LogP contribution in [0.4, 0.5) is 4.39 Å². The number of hydrogen-bond donors (Lipinski definition) is 4. The zero-order valence-corrected chi connectivity index (χ0v) is 18.3. The summed E-state index contributed by atoms with van der Waals surface area (Å²) in [4.78, 5) is 46.5. The molecule has 30 heavy (non-hydrogen) atoms. The fraction of sp³-hybridized carbons (Fsp3) is 0.500. The van der Waals surface area contributed by atoms with E-state index in [1.54, 1.807) is 25.1 Å². The number of ether oxygens (including phenoxy) is 1. The van der Waals surface area contributed by atoms with Crippen LogP contribution < -0.4 is 15.4 Å². The van der Waals surface area contributed by atoms with Crippen molar-refractivity contribution in [2.75, 3.05) is 19.8 Å². The molecule has 3 N–H and O–H groups in total. The van der Waals surface area contributed by atoms with E-state index in [1.807, 2.05) is 0 Å². The van der Waals surface area contributed by atoms with Crippen molar-refractivity contribution in [3.63, 3.8) is 0 Å². The average Bonchev–Trinajstić information content (AvgIpc) is 2.67. The Morgan fingerprint density at radius 1 is 1.17 bits per heavy atom. The second kappa shape index (κ2) is 15.3. The molecular formula is C20H29FN2O6S. The molecule has 0 saturated carbocycles. The van der Waals surface area contributed by atoms with Crippen LogP contribution in [0, 0.1) is 0 Å². The lowest BCUT2D eigenvalue weighted by atomic mass is 10.1. The Hall–Kier alpha value is -2.62. The number of carboxylic acids is 1. The summed E-state index contributed by atoms with van der Waals surface area (Å²) in [5.41, 5.74) is 0.582. The molecule has 1 rings (SSSR count). The summed E-state index contributed by atoms with van der Waals surface area (Å²) < 4.78 is 17.9. The zero-order valence-electron chi connectivity index (χ0n) is 17.4. The number of alkyl halides is 1. The van der Waals surface area contributed by atoms with Gasteiger partial charge in [-0.3, -0.25) is 19.2 Å². The molecule has 0 aliphatic rings. The van der Waals surface area contributed by atoms with Gasteiger partial charge in [-0.1, -0.05) is 20.3 Å². The van der Waals surface area contributed by atoms with Crippen molar-refractivity contribution >= 4 is 36.2 Å². The van der Waals surface area contributed by atoms with Gasteiger partial charge in [0.15, 0.2) is 5.78 Å². The number of rotatable bonds is 11. The third-order valence-electron chi connectivity index (χ3n) is 3.38. The highest BCUT2D eigenvalue weighted by atomic mass is 32.1. The molecule has 0 saturated heterocycles. The van der Waals surface area contributed by atoms with E-state index in [1.165, 1.54) is 6.42 Å². The number of carbonyl (C=O) groups excluding carboxylic acids is 3. The van der Waals surface area contributed by atoms with Crippen molar-refractivity contribution in [3.05, 3.63) is 23.8 Å². The lowest BCUT2D eigenvalue weighted by Crippen LogP contribution is -2.47. The first kappa shape index (κ1) is 27.4. The first-order valence-electron chi connectivity index (χ1n) is 9.49. The number of aliphatic carboxylic acids is 1. The Bertz CT molecular complexity index is 729. The molecule has 0 heterocycles. The molecule has 1 unspecified atom stereocenters. The highest BCUT2D eigenvalue weighted by Crippen LogP contribution is 2.22. The number of hydrogen-bond acceptors (Lipinski definition) is 6. The van der Waals surface area contributed by atoms with Gasteiger partial charge in [-0.2, -0.15) is 0 Å². The molecule has 8 nitrogen and oxygen atoms in total. The van der Waals surface area contributed by atoms with E-state index in [4.69, 9.17) is 9.84 Å². The van der Waals surface area contributed by atoms with Gasteiger partial charge in [-0.15, -0.1) is 12.6 Å². The van der Waals surface area contributed by atoms with E-state index in [0.29, 0.717) is 22.8 Å². The van der Waals surface area contributed by atoms with Crippen LogP contribution in [0.1, 0.15) is 39.2 Å². The number of benzene rings is 1. The number of carbonyl (C=O) groups is 4. The molecule has 0 aliphatic carbocycles. The summed E-state index contributed by atoms with van der Waals surface area (Å²) in [7, 11) is 0. The van der Waals surface area contributed by atoms with E-state index in [-0.39, 0.29) is 6.42 Å². The van der Waals surface area contributed by atoms with Crippen molar-refractivity contribution in [1.29, 1.82) is 0 Å². The van der Waals surface area contributed by atoms with Crippen molar-refractivity contribution in [3.8, 4) is 5.75 Å². The van der Waals surface area contributed by atoms with Gasteiger partial charge in [-0.25, -0.2) is 4.39 Å². The Labute approximate surface area is 181 Å². The Morgan fingerprint density at radius 2 is 1.80 bits per heavy atom. The van der Waals surface area contributed by atoms with E-state index >= 15 is 0 Å². The van der Waals surface area contributed by atoms with E-state index < -0.39 is 49.2 Å². The molecule has 0 radical (unpaired) electrons. The number of thiol groups is 1. The SMILES string of the molecule is CCC.CCOc1ccc(S)cc1CC(=O)NCC(=O)NC(CC(=O)O)C(=O)CF. The summed E-state index contributed by atoms with van der Waals surface area (Å²) in [5, 5.41) is 13.2. The van der Waals surface area contributed by atoms with Crippen LogP contribution in [0.3, 0.4) is 0 Å². The predicted molar refractivity (Wildman–Crippen MR) is 113 cm³/mol. The summed E-state index contributed by atoms with van der Waals surface area (Å²) >= 11 is 4.21.